The Balaban J connectivity index is 1.36. The van der Waals surface area contributed by atoms with E-state index < -0.39 is 0 Å². The molecular formula is C20H27N3O2S. The van der Waals surface area contributed by atoms with Crippen molar-refractivity contribution < 1.29 is 9.59 Å². The number of benzene rings is 1. The fraction of sp³-hybridized carbons (Fsp3) is 0.600. The van der Waals surface area contributed by atoms with Gasteiger partial charge in [-0.15, -0.1) is 11.8 Å². The maximum Gasteiger partial charge on any atom is 0.254 e. The molecule has 2 amide bonds. The summed E-state index contributed by atoms with van der Waals surface area (Å²) in [6.45, 7) is 5.89. The Morgan fingerprint density at radius 3 is 2.58 bits per heavy atom. The van der Waals surface area contributed by atoms with Gasteiger partial charge in [0.15, 0.2) is 0 Å². The summed E-state index contributed by atoms with van der Waals surface area (Å²) in [5.41, 5.74) is 1.44. The van der Waals surface area contributed by atoms with Crippen molar-refractivity contribution in [2.24, 2.45) is 5.92 Å². The van der Waals surface area contributed by atoms with Crippen LogP contribution in [0.4, 0.5) is 5.69 Å². The second-order valence-corrected chi connectivity index (χ2v) is 8.81. The Hall–Kier alpha value is -1.53. The number of amides is 2. The summed E-state index contributed by atoms with van der Waals surface area (Å²) in [5, 5.41) is 2.87. The third-order valence-electron chi connectivity index (χ3n) is 5.96. The van der Waals surface area contributed by atoms with Crippen LogP contribution in [0.1, 0.15) is 43.0 Å². The van der Waals surface area contributed by atoms with E-state index in [-0.39, 0.29) is 11.8 Å². The first kappa shape index (κ1) is 17.9. The van der Waals surface area contributed by atoms with Crippen molar-refractivity contribution in [1.82, 2.24) is 9.80 Å². The second-order valence-electron chi connectivity index (χ2n) is 7.79. The quantitative estimate of drug-likeness (QED) is 0.866. The summed E-state index contributed by atoms with van der Waals surface area (Å²) in [7, 11) is 0. The van der Waals surface area contributed by atoms with E-state index >= 15 is 0 Å². The summed E-state index contributed by atoms with van der Waals surface area (Å²) in [4.78, 5) is 30.0. The highest BCUT2D eigenvalue weighted by Crippen LogP contribution is 2.32. The Bertz CT molecular complexity index is 692. The predicted octanol–water partition coefficient (Wildman–Crippen LogP) is 3.07. The molecule has 1 aromatic rings. The van der Waals surface area contributed by atoms with Crippen molar-refractivity contribution in [1.29, 1.82) is 0 Å². The molecule has 0 atom stereocenters. The van der Waals surface area contributed by atoms with Gasteiger partial charge < -0.3 is 10.2 Å². The van der Waals surface area contributed by atoms with Crippen molar-refractivity contribution in [3.05, 3.63) is 23.8 Å². The molecule has 26 heavy (non-hydrogen) atoms. The highest BCUT2D eigenvalue weighted by molar-refractivity contribution is 8.00. The molecule has 0 unspecified atom stereocenters. The van der Waals surface area contributed by atoms with Gasteiger partial charge in [-0.05, 0) is 49.8 Å². The molecule has 0 radical (unpaired) electrons. The van der Waals surface area contributed by atoms with Crippen molar-refractivity contribution in [3.8, 4) is 0 Å². The lowest BCUT2D eigenvalue weighted by molar-refractivity contribution is -0.113. The minimum atomic E-state index is 0.00233. The lowest BCUT2D eigenvalue weighted by Crippen LogP contribution is -2.52. The molecule has 140 valence electrons. The largest absolute Gasteiger partial charge is 0.336 e. The minimum absolute atomic E-state index is 0.00233. The number of hydrogen-bond acceptors (Lipinski definition) is 4. The van der Waals surface area contributed by atoms with Crippen LogP contribution in [0, 0.1) is 5.92 Å². The Morgan fingerprint density at radius 2 is 1.85 bits per heavy atom. The lowest BCUT2D eigenvalue weighted by Gasteiger charge is -2.41. The van der Waals surface area contributed by atoms with Gasteiger partial charge in [0.2, 0.25) is 5.91 Å². The first-order valence-electron chi connectivity index (χ1n) is 9.70. The van der Waals surface area contributed by atoms with E-state index in [4.69, 9.17) is 0 Å². The van der Waals surface area contributed by atoms with E-state index in [1.807, 2.05) is 23.1 Å². The number of piperazine rings is 1. The summed E-state index contributed by atoms with van der Waals surface area (Å²) in [5.74, 6) is 1.40. The zero-order valence-corrected chi connectivity index (χ0v) is 16.2. The zero-order valence-electron chi connectivity index (χ0n) is 15.4. The Kier molecular flexibility index (Phi) is 5.23. The molecule has 2 fully saturated rings. The number of hydrogen-bond donors (Lipinski definition) is 1. The van der Waals surface area contributed by atoms with Gasteiger partial charge in [-0.3, -0.25) is 14.5 Å². The van der Waals surface area contributed by atoms with Crippen molar-refractivity contribution in [3.63, 3.8) is 0 Å². The van der Waals surface area contributed by atoms with Crippen LogP contribution >= 0.6 is 11.8 Å². The fourth-order valence-electron chi connectivity index (χ4n) is 4.30. The first-order chi connectivity index (χ1) is 12.6. The zero-order chi connectivity index (χ0) is 18.1. The average molecular weight is 374 g/mol. The summed E-state index contributed by atoms with van der Waals surface area (Å²) >= 11 is 1.53. The van der Waals surface area contributed by atoms with Crippen LogP contribution < -0.4 is 5.32 Å². The highest BCUT2D eigenvalue weighted by atomic mass is 32.2. The van der Waals surface area contributed by atoms with Gasteiger partial charge in [0.1, 0.15) is 0 Å². The highest BCUT2D eigenvalue weighted by Gasteiger charge is 2.29. The maximum atomic E-state index is 12.9. The fourth-order valence-corrected chi connectivity index (χ4v) is 5.09. The lowest BCUT2D eigenvalue weighted by atomic mass is 9.86. The van der Waals surface area contributed by atoms with Gasteiger partial charge in [0.25, 0.3) is 5.91 Å². The van der Waals surface area contributed by atoms with E-state index in [0.717, 1.165) is 42.7 Å². The van der Waals surface area contributed by atoms with Crippen LogP contribution in [0.2, 0.25) is 0 Å². The van der Waals surface area contributed by atoms with Crippen molar-refractivity contribution >= 4 is 29.3 Å². The van der Waals surface area contributed by atoms with Gasteiger partial charge in [-0.25, -0.2) is 0 Å². The molecule has 2 heterocycles. The van der Waals surface area contributed by atoms with Gasteiger partial charge >= 0.3 is 0 Å². The second kappa shape index (κ2) is 7.61. The smallest absolute Gasteiger partial charge is 0.254 e. The molecular weight excluding hydrogens is 346 g/mol. The Labute approximate surface area is 159 Å². The van der Waals surface area contributed by atoms with Crippen LogP contribution in [0.15, 0.2) is 23.1 Å². The van der Waals surface area contributed by atoms with Crippen LogP contribution in [-0.4, -0.2) is 59.6 Å². The van der Waals surface area contributed by atoms with Crippen molar-refractivity contribution in [2.45, 2.75) is 43.5 Å². The number of nitrogens with one attached hydrogen (secondary N) is 1. The minimum Gasteiger partial charge on any atom is -0.336 e. The number of anilines is 1. The number of thioether (sulfide) groups is 1. The van der Waals surface area contributed by atoms with E-state index in [9.17, 15) is 9.59 Å². The van der Waals surface area contributed by atoms with E-state index in [0.29, 0.717) is 17.4 Å². The third kappa shape index (κ3) is 3.76. The van der Waals surface area contributed by atoms with E-state index in [1.54, 1.807) is 0 Å². The summed E-state index contributed by atoms with van der Waals surface area (Å²) in [6, 6.07) is 6.38. The molecule has 0 bridgehead atoms. The van der Waals surface area contributed by atoms with Gasteiger partial charge in [0, 0.05) is 42.7 Å². The van der Waals surface area contributed by atoms with Gasteiger partial charge in [0.05, 0.1) is 11.4 Å². The molecule has 1 N–H and O–H groups in total. The standard InChI is InChI=1S/C20H27N3O2S/c1-14-2-5-16(6-3-14)22-8-10-23(11-9-22)20(25)15-4-7-18-17(12-15)21-19(24)13-26-18/h4,7,12,14,16H,2-3,5-6,8-11,13H2,1H3,(H,21,24). The van der Waals surface area contributed by atoms with Gasteiger partial charge in [-0.2, -0.15) is 0 Å². The topological polar surface area (TPSA) is 52.6 Å². The molecule has 1 aliphatic carbocycles. The number of fused-ring (bicyclic) bond motifs is 1. The molecule has 5 nitrogen and oxygen atoms in total. The molecule has 3 aliphatic rings. The third-order valence-corrected chi connectivity index (χ3v) is 7.04. The number of nitrogens with zero attached hydrogens (tertiary/aromatic N) is 2. The van der Waals surface area contributed by atoms with Crippen LogP contribution in [-0.2, 0) is 4.79 Å². The van der Waals surface area contributed by atoms with Gasteiger partial charge in [-0.1, -0.05) is 6.92 Å². The van der Waals surface area contributed by atoms with E-state index in [1.165, 1.54) is 37.4 Å². The number of carbonyl (C=O) groups is 2. The van der Waals surface area contributed by atoms with Crippen LogP contribution in [0.3, 0.4) is 0 Å². The summed E-state index contributed by atoms with van der Waals surface area (Å²) in [6.07, 6.45) is 5.28. The molecule has 4 rings (SSSR count). The maximum absolute atomic E-state index is 12.9. The molecule has 1 saturated heterocycles. The molecule has 0 spiro atoms. The monoisotopic (exact) mass is 373 g/mol. The molecule has 1 aromatic carbocycles. The van der Waals surface area contributed by atoms with Crippen LogP contribution in [0.25, 0.3) is 0 Å². The average Bonchev–Trinajstić information content (AvgIpc) is 2.67. The predicted molar refractivity (Wildman–Crippen MR) is 105 cm³/mol. The normalized spacial score (nSPS) is 27.0. The van der Waals surface area contributed by atoms with Crippen LogP contribution in [0.5, 0.6) is 0 Å². The molecule has 1 saturated carbocycles. The number of rotatable bonds is 2. The first-order valence-corrected chi connectivity index (χ1v) is 10.7. The van der Waals surface area contributed by atoms with E-state index in [2.05, 4.69) is 17.1 Å². The van der Waals surface area contributed by atoms with Crippen molar-refractivity contribution in [2.75, 3.05) is 37.2 Å². The summed E-state index contributed by atoms with van der Waals surface area (Å²) < 4.78 is 0. The Morgan fingerprint density at radius 1 is 1.12 bits per heavy atom. The molecule has 6 heteroatoms. The SMILES string of the molecule is CC1CCC(N2CCN(C(=O)c3ccc4c(c3)NC(=O)CS4)CC2)CC1. The molecule has 0 aromatic heterocycles. The molecule has 2 aliphatic heterocycles. The number of carbonyl (C=O) groups excluding carboxylic acids is 2.